The Morgan fingerprint density at radius 2 is 1.61 bits per heavy atom. The van der Waals surface area contributed by atoms with Gasteiger partial charge < -0.3 is 9.47 Å². The molecule has 1 aromatic rings. The number of hydrogen-bond donors (Lipinski definition) is 2. The minimum absolute atomic E-state index is 0.137. The van der Waals surface area contributed by atoms with E-state index in [0.717, 1.165) is 12.1 Å². The number of nitrogens with one attached hydrogen (secondary N) is 2. The van der Waals surface area contributed by atoms with Crippen molar-refractivity contribution in [1.29, 1.82) is 0 Å². The summed E-state index contributed by atoms with van der Waals surface area (Å²) in [6, 6.07) is 4.82. The molecule has 2 amide bonds. The Morgan fingerprint density at radius 1 is 1.04 bits per heavy atom. The summed E-state index contributed by atoms with van der Waals surface area (Å²) < 4.78 is 44.6. The third-order valence-electron chi connectivity index (χ3n) is 2.22. The van der Waals surface area contributed by atoms with Crippen molar-refractivity contribution in [3.8, 4) is 5.75 Å². The van der Waals surface area contributed by atoms with Crippen molar-refractivity contribution in [2.24, 2.45) is 0 Å². The highest BCUT2D eigenvalue weighted by Gasteiger charge is 2.30. The Balaban J connectivity index is 2.44. The molecule has 0 saturated carbocycles. The smallest absolute Gasteiger partial charge is 0.443 e. The van der Waals surface area contributed by atoms with Crippen molar-refractivity contribution >= 4 is 12.0 Å². The largest absolute Gasteiger partial charge is 0.573 e. The molecule has 0 aromatic heterocycles. The molecule has 1 rings (SSSR count). The first-order valence-electron chi connectivity index (χ1n) is 6.57. The van der Waals surface area contributed by atoms with Crippen molar-refractivity contribution < 1.29 is 32.2 Å². The Kier molecular flexibility index (Phi) is 5.83. The van der Waals surface area contributed by atoms with E-state index >= 15 is 0 Å². The van der Waals surface area contributed by atoms with Crippen LogP contribution < -0.4 is 15.6 Å². The molecular formula is C14H17F3N2O4. The first kappa shape index (κ1) is 18.6. The Bertz CT molecular complexity index is 551. The summed E-state index contributed by atoms with van der Waals surface area (Å²) in [5.74, 6) is -0.936. The molecular weight excluding hydrogens is 317 g/mol. The van der Waals surface area contributed by atoms with Gasteiger partial charge in [-0.2, -0.15) is 0 Å². The fourth-order valence-corrected chi connectivity index (χ4v) is 1.46. The zero-order valence-electron chi connectivity index (χ0n) is 12.8. The Morgan fingerprint density at radius 3 is 2.09 bits per heavy atom. The molecule has 0 aliphatic rings. The predicted octanol–water partition coefficient (Wildman–Crippen LogP) is 2.68. The molecule has 0 bridgehead atoms. The summed E-state index contributed by atoms with van der Waals surface area (Å²) in [6.45, 7) is 5.00. The molecule has 0 heterocycles. The average molecular weight is 334 g/mol. The van der Waals surface area contributed by atoms with E-state index in [1.807, 2.05) is 0 Å². The molecule has 23 heavy (non-hydrogen) atoms. The van der Waals surface area contributed by atoms with Gasteiger partial charge in [-0.15, -0.1) is 13.2 Å². The number of carbonyl (C=O) groups is 2. The number of hydrogen-bond acceptors (Lipinski definition) is 4. The lowest BCUT2D eigenvalue weighted by Gasteiger charge is -2.19. The number of hydrazine groups is 1. The second-order valence-electron chi connectivity index (χ2n) is 5.54. The molecule has 128 valence electrons. The Labute approximate surface area is 130 Å². The van der Waals surface area contributed by atoms with Crippen LogP contribution in [-0.4, -0.2) is 24.0 Å². The van der Waals surface area contributed by atoms with Gasteiger partial charge in [-0.05, 0) is 38.5 Å². The fourth-order valence-electron chi connectivity index (χ4n) is 1.46. The van der Waals surface area contributed by atoms with E-state index in [-0.39, 0.29) is 12.2 Å². The molecule has 2 N–H and O–H groups in total. The van der Waals surface area contributed by atoms with Crippen LogP contribution in [0.5, 0.6) is 5.75 Å². The monoisotopic (exact) mass is 334 g/mol. The van der Waals surface area contributed by atoms with E-state index in [4.69, 9.17) is 4.74 Å². The molecule has 0 atom stereocenters. The minimum Gasteiger partial charge on any atom is -0.443 e. The predicted molar refractivity (Wildman–Crippen MR) is 74.3 cm³/mol. The number of alkyl halides is 3. The molecule has 9 heteroatoms. The maximum Gasteiger partial charge on any atom is 0.573 e. The highest BCUT2D eigenvalue weighted by molar-refractivity contribution is 5.81. The van der Waals surface area contributed by atoms with Crippen LogP contribution in [0, 0.1) is 0 Å². The first-order valence-corrected chi connectivity index (χ1v) is 6.57. The maximum atomic E-state index is 12.0. The van der Waals surface area contributed by atoms with Gasteiger partial charge >= 0.3 is 12.5 Å². The lowest BCUT2D eigenvalue weighted by Crippen LogP contribution is -2.44. The SMILES string of the molecule is CC(C)(C)OC(=O)NNC(=O)Cc1ccc(OC(F)(F)F)cc1. The summed E-state index contributed by atoms with van der Waals surface area (Å²) in [4.78, 5) is 22.9. The van der Waals surface area contributed by atoms with E-state index in [0.29, 0.717) is 5.56 Å². The van der Waals surface area contributed by atoms with E-state index in [2.05, 4.69) is 15.6 Å². The molecule has 0 unspecified atom stereocenters. The summed E-state index contributed by atoms with van der Waals surface area (Å²) in [5, 5.41) is 0. The van der Waals surface area contributed by atoms with Gasteiger partial charge in [0.05, 0.1) is 6.42 Å². The lowest BCUT2D eigenvalue weighted by molar-refractivity contribution is -0.274. The number of carbonyl (C=O) groups excluding carboxylic acids is 2. The molecule has 0 spiro atoms. The van der Waals surface area contributed by atoms with Gasteiger partial charge in [0.25, 0.3) is 0 Å². The first-order chi connectivity index (χ1) is 10.4. The van der Waals surface area contributed by atoms with Gasteiger partial charge in [0.2, 0.25) is 5.91 Å². The van der Waals surface area contributed by atoms with Crippen LogP contribution in [0.25, 0.3) is 0 Å². The number of rotatable bonds is 3. The third kappa shape index (κ3) is 8.54. The maximum absolute atomic E-state index is 12.0. The van der Waals surface area contributed by atoms with Gasteiger partial charge in [0.1, 0.15) is 11.4 Å². The summed E-state index contributed by atoms with van der Waals surface area (Å²) in [5.41, 5.74) is 3.94. The van der Waals surface area contributed by atoms with E-state index in [1.54, 1.807) is 20.8 Å². The normalized spacial score (nSPS) is 11.6. The van der Waals surface area contributed by atoms with E-state index in [1.165, 1.54) is 12.1 Å². The van der Waals surface area contributed by atoms with Gasteiger partial charge in [-0.3, -0.25) is 10.2 Å². The van der Waals surface area contributed by atoms with Gasteiger partial charge in [0, 0.05) is 0 Å². The van der Waals surface area contributed by atoms with Crippen LogP contribution in [0.3, 0.4) is 0 Å². The molecule has 0 aliphatic heterocycles. The topological polar surface area (TPSA) is 76.7 Å². The van der Waals surface area contributed by atoms with Gasteiger partial charge in [-0.25, -0.2) is 10.2 Å². The van der Waals surface area contributed by atoms with Crippen LogP contribution >= 0.6 is 0 Å². The van der Waals surface area contributed by atoms with Crippen LogP contribution in [0.2, 0.25) is 0 Å². The number of amides is 2. The Hall–Kier alpha value is -2.45. The highest BCUT2D eigenvalue weighted by atomic mass is 19.4. The standard InChI is InChI=1S/C14H17F3N2O4/c1-13(2,3)23-12(21)19-18-11(20)8-9-4-6-10(7-5-9)22-14(15,16)17/h4-7H,8H2,1-3H3,(H,18,20)(H,19,21). The summed E-state index contributed by atoms with van der Waals surface area (Å²) >= 11 is 0. The highest BCUT2D eigenvalue weighted by Crippen LogP contribution is 2.22. The second-order valence-corrected chi connectivity index (χ2v) is 5.54. The number of halogens is 3. The number of benzene rings is 1. The zero-order chi connectivity index (χ0) is 17.7. The lowest BCUT2D eigenvalue weighted by atomic mass is 10.1. The second kappa shape index (κ2) is 7.21. The van der Waals surface area contributed by atoms with Crippen molar-refractivity contribution in [2.45, 2.75) is 39.2 Å². The summed E-state index contributed by atoms with van der Waals surface area (Å²) in [6.07, 6.45) is -5.72. The molecule has 6 nitrogen and oxygen atoms in total. The molecule has 1 aromatic carbocycles. The molecule has 0 saturated heterocycles. The van der Waals surface area contributed by atoms with Gasteiger partial charge in [-0.1, -0.05) is 12.1 Å². The quantitative estimate of drug-likeness (QED) is 0.833. The van der Waals surface area contributed by atoms with Crippen molar-refractivity contribution in [2.75, 3.05) is 0 Å². The number of ether oxygens (including phenoxy) is 2. The van der Waals surface area contributed by atoms with Gasteiger partial charge in [0.15, 0.2) is 0 Å². The molecule has 0 aliphatic carbocycles. The van der Waals surface area contributed by atoms with E-state index in [9.17, 15) is 22.8 Å². The third-order valence-corrected chi connectivity index (χ3v) is 2.22. The van der Waals surface area contributed by atoms with Crippen LogP contribution in [-0.2, 0) is 16.0 Å². The summed E-state index contributed by atoms with van der Waals surface area (Å²) in [7, 11) is 0. The molecule has 0 fully saturated rings. The van der Waals surface area contributed by atoms with Crippen molar-refractivity contribution in [3.05, 3.63) is 29.8 Å². The van der Waals surface area contributed by atoms with Crippen LogP contribution in [0.4, 0.5) is 18.0 Å². The van der Waals surface area contributed by atoms with Crippen molar-refractivity contribution in [3.63, 3.8) is 0 Å². The minimum atomic E-state index is -4.77. The average Bonchev–Trinajstić information content (AvgIpc) is 2.35. The van der Waals surface area contributed by atoms with E-state index < -0.39 is 24.0 Å². The van der Waals surface area contributed by atoms with Crippen LogP contribution in [0.1, 0.15) is 26.3 Å². The zero-order valence-corrected chi connectivity index (χ0v) is 12.8. The van der Waals surface area contributed by atoms with Crippen molar-refractivity contribution in [1.82, 2.24) is 10.9 Å². The van der Waals surface area contributed by atoms with Crippen LogP contribution in [0.15, 0.2) is 24.3 Å². The fraction of sp³-hybridized carbons (Fsp3) is 0.429. The molecule has 0 radical (unpaired) electrons.